The molecule has 3 rings (SSSR count). The lowest BCUT2D eigenvalue weighted by Gasteiger charge is -2.06. The number of anilines is 1. The van der Waals surface area contributed by atoms with Crippen LogP contribution in [0.3, 0.4) is 0 Å². The van der Waals surface area contributed by atoms with Gasteiger partial charge in [-0.25, -0.2) is 8.42 Å². The molecular weight excluding hydrogens is 406 g/mol. The first-order valence-corrected chi connectivity index (χ1v) is 9.87. The van der Waals surface area contributed by atoms with Crippen molar-refractivity contribution in [1.82, 2.24) is 4.72 Å². The van der Waals surface area contributed by atoms with Crippen LogP contribution in [0.5, 0.6) is 0 Å². The summed E-state index contributed by atoms with van der Waals surface area (Å²) in [4.78, 5) is 16.5. The highest BCUT2D eigenvalue weighted by molar-refractivity contribution is 9.10. The Balaban J connectivity index is 1.64. The van der Waals surface area contributed by atoms with Crippen molar-refractivity contribution in [2.75, 3.05) is 11.9 Å². The van der Waals surface area contributed by atoms with E-state index < -0.39 is 10.0 Å². The third-order valence-corrected chi connectivity index (χ3v) is 6.00. The molecule has 0 fully saturated rings. The lowest BCUT2D eigenvalue weighted by Crippen LogP contribution is -2.23. The standard InChI is InChI=1S/C17H16BrN3O3S/c1-11-10-12(6-7-14(11)18)20-16(22)8-9-19-17-13-4-2-3-5-15(13)25(23,24)21-17/h2-7,10H,8-9H2,1H3,(H,19,21)(H,20,22). The maximum absolute atomic E-state index is 12.0. The molecule has 130 valence electrons. The van der Waals surface area contributed by atoms with Crippen LogP contribution in [0, 0.1) is 6.92 Å². The Morgan fingerprint density at radius 1 is 1.24 bits per heavy atom. The molecule has 8 heteroatoms. The highest BCUT2D eigenvalue weighted by Gasteiger charge is 2.29. The van der Waals surface area contributed by atoms with Crippen LogP contribution in [0.15, 0.2) is 56.8 Å². The molecule has 2 aromatic rings. The number of halogens is 1. The van der Waals surface area contributed by atoms with Crippen LogP contribution in [0.2, 0.25) is 0 Å². The molecule has 0 aliphatic carbocycles. The second kappa shape index (κ2) is 6.97. The van der Waals surface area contributed by atoms with Crippen molar-refractivity contribution in [3.8, 4) is 0 Å². The second-order valence-corrected chi connectivity index (χ2v) is 8.10. The van der Waals surface area contributed by atoms with Crippen molar-refractivity contribution in [3.63, 3.8) is 0 Å². The van der Waals surface area contributed by atoms with Gasteiger partial charge >= 0.3 is 0 Å². The predicted octanol–water partition coefficient (Wildman–Crippen LogP) is 2.82. The van der Waals surface area contributed by atoms with Crippen LogP contribution < -0.4 is 10.0 Å². The molecule has 0 spiro atoms. The number of sulfonamides is 1. The van der Waals surface area contributed by atoms with Crippen LogP contribution in [0.1, 0.15) is 17.5 Å². The maximum Gasteiger partial charge on any atom is 0.263 e. The molecule has 2 N–H and O–H groups in total. The Morgan fingerprint density at radius 3 is 2.76 bits per heavy atom. The predicted molar refractivity (Wildman–Crippen MR) is 100 cm³/mol. The Hall–Kier alpha value is -2.19. The molecular formula is C17H16BrN3O3S. The van der Waals surface area contributed by atoms with Gasteiger partial charge in [0.2, 0.25) is 5.91 Å². The Kier molecular flexibility index (Phi) is 4.91. The summed E-state index contributed by atoms with van der Waals surface area (Å²) in [5.74, 6) is 0.100. The molecule has 0 aromatic heterocycles. The SMILES string of the molecule is Cc1cc(NC(=O)CCN=C2NS(=O)(=O)c3ccccc32)ccc1Br. The van der Waals surface area contributed by atoms with E-state index in [0.717, 1.165) is 10.0 Å². The summed E-state index contributed by atoms with van der Waals surface area (Å²) < 4.78 is 27.4. The van der Waals surface area contributed by atoms with Crippen molar-refractivity contribution in [3.05, 3.63) is 58.1 Å². The summed E-state index contributed by atoms with van der Waals surface area (Å²) in [6, 6.07) is 12.2. The summed E-state index contributed by atoms with van der Waals surface area (Å²) in [6.07, 6.45) is 0.155. The number of carbonyl (C=O) groups excluding carboxylic acids is 1. The third kappa shape index (κ3) is 3.91. The molecule has 1 aliphatic rings. The van der Waals surface area contributed by atoms with Gasteiger partial charge in [-0.3, -0.25) is 14.5 Å². The number of amidine groups is 1. The molecule has 0 radical (unpaired) electrons. The maximum atomic E-state index is 12.0. The number of benzene rings is 2. The molecule has 0 atom stereocenters. The number of hydrogen-bond acceptors (Lipinski definition) is 4. The minimum atomic E-state index is -3.55. The molecule has 0 saturated carbocycles. The molecule has 1 heterocycles. The van der Waals surface area contributed by atoms with Crippen molar-refractivity contribution in [2.45, 2.75) is 18.2 Å². The zero-order valence-electron chi connectivity index (χ0n) is 13.4. The number of hydrogen-bond donors (Lipinski definition) is 2. The molecule has 0 unspecified atom stereocenters. The van der Waals surface area contributed by atoms with E-state index in [2.05, 4.69) is 31.0 Å². The Bertz CT molecular complexity index is 971. The second-order valence-electron chi connectivity index (χ2n) is 5.59. The zero-order chi connectivity index (χ0) is 18.0. The molecule has 1 amide bonds. The smallest absolute Gasteiger partial charge is 0.263 e. The minimum absolute atomic E-state index is 0.155. The first-order chi connectivity index (χ1) is 11.9. The largest absolute Gasteiger partial charge is 0.326 e. The van der Waals surface area contributed by atoms with Gasteiger partial charge in [0.25, 0.3) is 10.0 Å². The van der Waals surface area contributed by atoms with E-state index in [9.17, 15) is 13.2 Å². The fraction of sp³-hybridized carbons (Fsp3) is 0.176. The van der Waals surface area contributed by atoms with Crippen LogP contribution >= 0.6 is 15.9 Å². The number of rotatable bonds is 4. The molecule has 6 nitrogen and oxygen atoms in total. The molecule has 0 saturated heterocycles. The van der Waals surface area contributed by atoms with E-state index in [4.69, 9.17) is 0 Å². The van der Waals surface area contributed by atoms with Crippen LogP contribution in [-0.2, 0) is 14.8 Å². The molecule has 25 heavy (non-hydrogen) atoms. The van der Waals surface area contributed by atoms with Crippen LogP contribution in [0.4, 0.5) is 5.69 Å². The summed E-state index contributed by atoms with van der Waals surface area (Å²) in [7, 11) is -3.55. The summed E-state index contributed by atoms with van der Waals surface area (Å²) in [5.41, 5.74) is 2.27. The molecule has 0 bridgehead atoms. The number of carbonyl (C=O) groups is 1. The zero-order valence-corrected chi connectivity index (χ0v) is 15.8. The number of nitrogens with zero attached hydrogens (tertiary/aromatic N) is 1. The highest BCUT2D eigenvalue weighted by atomic mass is 79.9. The van der Waals surface area contributed by atoms with Crippen molar-refractivity contribution in [1.29, 1.82) is 0 Å². The van der Waals surface area contributed by atoms with Gasteiger partial charge in [0.05, 0.1) is 11.4 Å². The van der Waals surface area contributed by atoms with Crippen molar-refractivity contribution < 1.29 is 13.2 Å². The van der Waals surface area contributed by atoms with Gasteiger partial charge in [0.1, 0.15) is 5.84 Å². The van der Waals surface area contributed by atoms with E-state index in [0.29, 0.717) is 11.3 Å². The first kappa shape index (κ1) is 17.6. The Labute approximate surface area is 154 Å². The quantitative estimate of drug-likeness (QED) is 0.795. The van der Waals surface area contributed by atoms with Gasteiger partial charge in [-0.05, 0) is 42.8 Å². The van der Waals surface area contributed by atoms with E-state index in [1.807, 2.05) is 25.1 Å². The summed E-state index contributed by atoms with van der Waals surface area (Å²) >= 11 is 3.41. The van der Waals surface area contributed by atoms with Gasteiger partial charge < -0.3 is 5.32 Å². The van der Waals surface area contributed by atoms with E-state index in [1.165, 1.54) is 6.07 Å². The lowest BCUT2D eigenvalue weighted by molar-refractivity contribution is -0.116. The van der Waals surface area contributed by atoms with E-state index in [1.54, 1.807) is 18.2 Å². The average Bonchev–Trinajstić information content (AvgIpc) is 2.82. The normalized spacial score (nSPS) is 16.3. The molecule has 1 aliphatic heterocycles. The molecule has 2 aromatic carbocycles. The van der Waals surface area contributed by atoms with Crippen LogP contribution in [0.25, 0.3) is 0 Å². The summed E-state index contributed by atoms with van der Waals surface area (Å²) in [6.45, 7) is 2.13. The van der Waals surface area contributed by atoms with Crippen LogP contribution in [-0.4, -0.2) is 26.7 Å². The van der Waals surface area contributed by atoms with Gasteiger partial charge in [0, 0.05) is 22.1 Å². The average molecular weight is 422 g/mol. The summed E-state index contributed by atoms with van der Waals surface area (Å²) in [5, 5.41) is 2.80. The monoisotopic (exact) mass is 421 g/mol. The highest BCUT2D eigenvalue weighted by Crippen LogP contribution is 2.22. The number of fused-ring (bicyclic) bond motifs is 1. The van der Waals surface area contributed by atoms with Gasteiger partial charge in [0.15, 0.2) is 0 Å². The van der Waals surface area contributed by atoms with E-state index >= 15 is 0 Å². The number of nitrogens with one attached hydrogen (secondary N) is 2. The van der Waals surface area contributed by atoms with E-state index in [-0.39, 0.29) is 29.6 Å². The Morgan fingerprint density at radius 2 is 2.00 bits per heavy atom. The van der Waals surface area contributed by atoms with Crippen molar-refractivity contribution in [2.24, 2.45) is 4.99 Å². The number of amides is 1. The fourth-order valence-corrected chi connectivity index (χ4v) is 3.96. The lowest BCUT2D eigenvalue weighted by atomic mass is 10.2. The third-order valence-electron chi connectivity index (χ3n) is 3.71. The van der Waals surface area contributed by atoms with Gasteiger partial charge in [-0.15, -0.1) is 0 Å². The van der Waals surface area contributed by atoms with Crippen molar-refractivity contribution >= 4 is 43.4 Å². The first-order valence-electron chi connectivity index (χ1n) is 7.59. The van der Waals surface area contributed by atoms with Gasteiger partial charge in [-0.1, -0.05) is 28.1 Å². The number of aryl methyl sites for hydroxylation is 1. The van der Waals surface area contributed by atoms with Gasteiger partial charge in [-0.2, -0.15) is 0 Å². The number of aliphatic imine (C=N–C) groups is 1. The fourth-order valence-electron chi connectivity index (χ4n) is 2.47. The minimum Gasteiger partial charge on any atom is -0.326 e. The topological polar surface area (TPSA) is 87.6 Å².